The number of ketones is 1. The molecular formula is C16H18N4O2. The second-order valence-electron chi connectivity index (χ2n) is 5.53. The van der Waals surface area contributed by atoms with Crippen molar-refractivity contribution in [3.63, 3.8) is 0 Å². The van der Waals surface area contributed by atoms with E-state index < -0.39 is 0 Å². The fraction of sp³-hybridized carbons (Fsp3) is 0.375. The SMILES string of the molecule is CC1C(=O)C(=O)N(CCCn2ccnc2)C1c1ccncc1. The Morgan fingerprint density at radius 2 is 1.86 bits per heavy atom. The molecule has 0 aromatic carbocycles. The zero-order valence-corrected chi connectivity index (χ0v) is 12.4. The molecule has 0 saturated carbocycles. The van der Waals surface area contributed by atoms with Gasteiger partial charge in [-0.25, -0.2) is 4.98 Å². The maximum Gasteiger partial charge on any atom is 0.290 e. The molecule has 6 nitrogen and oxygen atoms in total. The Morgan fingerprint density at radius 3 is 2.55 bits per heavy atom. The highest BCUT2D eigenvalue weighted by atomic mass is 16.2. The van der Waals surface area contributed by atoms with Crippen molar-refractivity contribution < 1.29 is 9.59 Å². The molecule has 1 saturated heterocycles. The first kappa shape index (κ1) is 14.4. The van der Waals surface area contributed by atoms with E-state index in [2.05, 4.69) is 9.97 Å². The summed E-state index contributed by atoms with van der Waals surface area (Å²) < 4.78 is 1.97. The van der Waals surface area contributed by atoms with Crippen molar-refractivity contribution in [2.75, 3.05) is 6.54 Å². The average Bonchev–Trinajstić information content (AvgIpc) is 3.12. The van der Waals surface area contributed by atoms with Gasteiger partial charge in [0.15, 0.2) is 0 Å². The number of aromatic nitrogens is 3. The van der Waals surface area contributed by atoms with E-state index in [1.807, 2.05) is 29.8 Å². The van der Waals surface area contributed by atoms with Crippen LogP contribution in [0.2, 0.25) is 0 Å². The molecule has 2 atom stereocenters. The van der Waals surface area contributed by atoms with Gasteiger partial charge in [0, 0.05) is 43.8 Å². The van der Waals surface area contributed by atoms with Gasteiger partial charge in [0.25, 0.3) is 5.91 Å². The number of pyridine rings is 1. The van der Waals surface area contributed by atoms with Crippen LogP contribution in [0.1, 0.15) is 24.9 Å². The molecule has 2 aromatic heterocycles. The highest BCUT2D eigenvalue weighted by Gasteiger charge is 2.44. The summed E-state index contributed by atoms with van der Waals surface area (Å²) in [7, 11) is 0. The molecule has 1 aliphatic rings. The first-order chi connectivity index (χ1) is 10.7. The predicted molar refractivity (Wildman–Crippen MR) is 79.7 cm³/mol. The largest absolute Gasteiger partial charge is 0.337 e. The monoisotopic (exact) mass is 298 g/mol. The number of amides is 1. The van der Waals surface area contributed by atoms with Crippen LogP contribution in [0.25, 0.3) is 0 Å². The van der Waals surface area contributed by atoms with E-state index in [1.54, 1.807) is 29.8 Å². The number of carbonyl (C=O) groups excluding carboxylic acids is 2. The van der Waals surface area contributed by atoms with Gasteiger partial charge < -0.3 is 9.47 Å². The summed E-state index contributed by atoms with van der Waals surface area (Å²) in [5, 5.41) is 0. The van der Waals surface area contributed by atoms with E-state index in [4.69, 9.17) is 0 Å². The summed E-state index contributed by atoms with van der Waals surface area (Å²) in [6.45, 7) is 3.15. The zero-order chi connectivity index (χ0) is 15.5. The molecule has 3 heterocycles. The van der Waals surface area contributed by atoms with Gasteiger partial charge in [-0.15, -0.1) is 0 Å². The number of carbonyl (C=O) groups is 2. The highest BCUT2D eigenvalue weighted by Crippen LogP contribution is 2.35. The third-order valence-electron chi connectivity index (χ3n) is 4.12. The standard InChI is InChI=1S/C16H18N4O2/c1-12-14(13-3-5-17-6-4-13)20(16(22)15(12)21)9-2-8-19-10-7-18-11-19/h3-7,10-12,14H,2,8-9H2,1H3. The van der Waals surface area contributed by atoms with E-state index in [1.165, 1.54) is 0 Å². The molecule has 2 aromatic rings. The zero-order valence-electron chi connectivity index (χ0n) is 12.4. The topological polar surface area (TPSA) is 68.1 Å². The number of Topliss-reactive ketones (excluding diaryl/α,β-unsaturated/α-hetero) is 1. The second-order valence-corrected chi connectivity index (χ2v) is 5.53. The first-order valence-corrected chi connectivity index (χ1v) is 7.39. The predicted octanol–water partition coefficient (Wildman–Crippen LogP) is 1.46. The number of aryl methyl sites for hydroxylation is 1. The molecule has 2 unspecified atom stereocenters. The first-order valence-electron chi connectivity index (χ1n) is 7.39. The lowest BCUT2D eigenvalue weighted by Gasteiger charge is -2.26. The maximum atomic E-state index is 12.2. The number of hydrogen-bond acceptors (Lipinski definition) is 4. The summed E-state index contributed by atoms with van der Waals surface area (Å²) in [4.78, 5) is 34.0. The van der Waals surface area contributed by atoms with Gasteiger partial charge >= 0.3 is 0 Å². The van der Waals surface area contributed by atoms with Crippen LogP contribution in [0.3, 0.4) is 0 Å². The van der Waals surface area contributed by atoms with Crippen LogP contribution in [-0.4, -0.2) is 37.7 Å². The Bertz CT molecular complexity index is 654. The Kier molecular flexibility index (Phi) is 4.00. The van der Waals surface area contributed by atoms with Gasteiger partial charge in [-0.3, -0.25) is 14.6 Å². The molecule has 0 bridgehead atoms. The smallest absolute Gasteiger partial charge is 0.290 e. The quantitative estimate of drug-likeness (QED) is 0.784. The number of rotatable bonds is 5. The molecule has 0 N–H and O–H groups in total. The van der Waals surface area contributed by atoms with Gasteiger partial charge in [-0.1, -0.05) is 6.92 Å². The average molecular weight is 298 g/mol. The van der Waals surface area contributed by atoms with E-state index >= 15 is 0 Å². The minimum Gasteiger partial charge on any atom is -0.337 e. The molecule has 22 heavy (non-hydrogen) atoms. The molecular weight excluding hydrogens is 280 g/mol. The van der Waals surface area contributed by atoms with E-state index in [0.717, 1.165) is 18.5 Å². The summed E-state index contributed by atoms with van der Waals surface area (Å²) in [5.74, 6) is -0.993. The fourth-order valence-corrected chi connectivity index (χ4v) is 2.99. The van der Waals surface area contributed by atoms with Crippen LogP contribution in [0, 0.1) is 5.92 Å². The van der Waals surface area contributed by atoms with E-state index in [0.29, 0.717) is 6.54 Å². The number of imidazole rings is 1. The molecule has 1 aliphatic heterocycles. The molecule has 0 radical (unpaired) electrons. The lowest BCUT2D eigenvalue weighted by atomic mass is 9.95. The van der Waals surface area contributed by atoms with Crippen molar-refractivity contribution >= 4 is 11.7 Å². The lowest BCUT2D eigenvalue weighted by Crippen LogP contribution is -2.31. The molecule has 114 valence electrons. The summed E-state index contributed by atoms with van der Waals surface area (Å²) in [6.07, 6.45) is 9.54. The highest BCUT2D eigenvalue weighted by molar-refractivity contribution is 6.39. The normalized spacial score (nSPS) is 21.6. The van der Waals surface area contributed by atoms with Crippen LogP contribution < -0.4 is 0 Å². The van der Waals surface area contributed by atoms with E-state index in [-0.39, 0.29) is 23.7 Å². The van der Waals surface area contributed by atoms with Gasteiger partial charge in [-0.2, -0.15) is 0 Å². The van der Waals surface area contributed by atoms with Gasteiger partial charge in [0.1, 0.15) is 0 Å². The Morgan fingerprint density at radius 1 is 1.09 bits per heavy atom. The minimum atomic E-state index is -0.375. The molecule has 0 spiro atoms. The van der Waals surface area contributed by atoms with Crippen LogP contribution in [-0.2, 0) is 16.1 Å². The summed E-state index contributed by atoms with van der Waals surface area (Å²) in [5.41, 5.74) is 0.962. The van der Waals surface area contributed by atoms with Crippen LogP contribution in [0.5, 0.6) is 0 Å². The molecule has 6 heteroatoms. The van der Waals surface area contributed by atoms with E-state index in [9.17, 15) is 9.59 Å². The Balaban J connectivity index is 1.74. The van der Waals surface area contributed by atoms with Crippen LogP contribution in [0.15, 0.2) is 43.2 Å². The van der Waals surface area contributed by atoms with Gasteiger partial charge in [0.2, 0.25) is 5.78 Å². The third kappa shape index (κ3) is 2.64. The van der Waals surface area contributed by atoms with Crippen molar-refractivity contribution in [1.29, 1.82) is 0 Å². The maximum absolute atomic E-state index is 12.2. The number of likely N-dealkylation sites (tertiary alicyclic amines) is 1. The van der Waals surface area contributed by atoms with Crippen LogP contribution >= 0.6 is 0 Å². The number of hydrogen-bond donors (Lipinski definition) is 0. The van der Waals surface area contributed by atoms with Crippen molar-refractivity contribution in [1.82, 2.24) is 19.4 Å². The third-order valence-corrected chi connectivity index (χ3v) is 4.12. The summed E-state index contributed by atoms with van der Waals surface area (Å²) >= 11 is 0. The number of nitrogens with zero attached hydrogens (tertiary/aromatic N) is 4. The van der Waals surface area contributed by atoms with Crippen molar-refractivity contribution in [3.05, 3.63) is 48.8 Å². The van der Waals surface area contributed by atoms with Crippen LogP contribution in [0.4, 0.5) is 0 Å². The molecule has 0 aliphatic carbocycles. The fourth-order valence-electron chi connectivity index (χ4n) is 2.99. The Hall–Kier alpha value is -2.50. The second kappa shape index (κ2) is 6.09. The molecule has 3 rings (SSSR count). The summed E-state index contributed by atoms with van der Waals surface area (Å²) in [6, 6.07) is 3.55. The molecule has 1 amide bonds. The minimum absolute atomic E-state index is 0.189. The Labute approximate surface area is 128 Å². The van der Waals surface area contributed by atoms with Crippen molar-refractivity contribution in [2.24, 2.45) is 5.92 Å². The lowest BCUT2D eigenvalue weighted by molar-refractivity contribution is -0.141. The van der Waals surface area contributed by atoms with Gasteiger partial charge in [-0.05, 0) is 24.1 Å². The molecule has 1 fully saturated rings. The van der Waals surface area contributed by atoms with Crippen molar-refractivity contribution in [2.45, 2.75) is 25.9 Å². The van der Waals surface area contributed by atoms with Gasteiger partial charge in [0.05, 0.1) is 12.4 Å². The van der Waals surface area contributed by atoms with Crippen molar-refractivity contribution in [3.8, 4) is 0 Å².